The molecule has 0 saturated heterocycles. The molecule has 1 N–H and O–H groups in total. The van der Waals surface area contributed by atoms with Gasteiger partial charge in [-0.3, -0.25) is 4.79 Å². The van der Waals surface area contributed by atoms with Crippen LogP contribution in [0.15, 0.2) is 42.7 Å². The van der Waals surface area contributed by atoms with Gasteiger partial charge in [-0.1, -0.05) is 11.6 Å². The summed E-state index contributed by atoms with van der Waals surface area (Å²) in [5, 5.41) is 8.25. The number of amides is 1. The molecule has 9 heteroatoms. The first-order valence-corrected chi connectivity index (χ1v) is 10.1. The number of hydrogen-bond acceptors (Lipinski definition) is 3. The lowest BCUT2D eigenvalue weighted by atomic mass is 9.86. The Morgan fingerprint density at radius 1 is 1.20 bits per heavy atom. The van der Waals surface area contributed by atoms with E-state index in [-0.39, 0.29) is 16.6 Å². The van der Waals surface area contributed by atoms with Crippen molar-refractivity contribution in [3.63, 3.8) is 0 Å². The Morgan fingerprint density at radius 2 is 1.97 bits per heavy atom. The average Bonchev–Trinajstić information content (AvgIpc) is 3.12. The number of hydrogen-bond donors (Lipinski definition) is 1. The summed E-state index contributed by atoms with van der Waals surface area (Å²) in [6.45, 7) is 0.751. The van der Waals surface area contributed by atoms with Gasteiger partial charge in [0.15, 0.2) is 5.65 Å². The smallest absolute Gasteiger partial charge is 0.349 e. The quantitative estimate of drug-likeness (QED) is 0.619. The van der Waals surface area contributed by atoms with E-state index in [0.717, 1.165) is 61.5 Å². The first-order valence-electron chi connectivity index (χ1n) is 9.75. The molecule has 1 fully saturated rings. The van der Waals surface area contributed by atoms with Gasteiger partial charge in [0.25, 0.3) is 5.91 Å². The van der Waals surface area contributed by atoms with Crippen molar-refractivity contribution in [2.75, 3.05) is 0 Å². The summed E-state index contributed by atoms with van der Waals surface area (Å²) in [5.41, 5.74) is -0.185. The summed E-state index contributed by atoms with van der Waals surface area (Å²) in [4.78, 5) is 16.9. The Bertz CT molecular complexity index is 1060. The van der Waals surface area contributed by atoms with Crippen molar-refractivity contribution in [1.82, 2.24) is 20.1 Å². The third kappa shape index (κ3) is 4.43. The van der Waals surface area contributed by atoms with E-state index in [1.165, 1.54) is 0 Å². The fourth-order valence-electron chi connectivity index (χ4n) is 3.92. The summed E-state index contributed by atoms with van der Waals surface area (Å²) in [6.07, 6.45) is 2.28. The van der Waals surface area contributed by atoms with Crippen LogP contribution in [0.25, 0.3) is 11.0 Å². The molecule has 158 valence electrons. The largest absolute Gasteiger partial charge is 0.416 e. The third-order valence-corrected chi connectivity index (χ3v) is 5.88. The molecule has 0 radical (unpaired) electrons. The Labute approximate surface area is 176 Å². The molecule has 4 rings (SSSR count). The standard InChI is InChI=1S/C21H20ClF3N4O/c22-18-8-5-15(21(23,24)25)10-17(18)20(30)28-16-6-3-13(4-7-16)12-29-19-14(11-27-29)2-1-9-26-19/h1-2,5,8-11,13,16H,3-4,6-7,12H2,(H,28,30). The van der Waals surface area contributed by atoms with Crippen LogP contribution in [-0.4, -0.2) is 26.7 Å². The van der Waals surface area contributed by atoms with Crippen LogP contribution in [0.3, 0.4) is 0 Å². The number of alkyl halides is 3. The first kappa shape index (κ1) is 20.7. The molecule has 1 aliphatic carbocycles. The number of benzene rings is 1. The fourth-order valence-corrected chi connectivity index (χ4v) is 4.12. The molecule has 0 atom stereocenters. The molecule has 1 amide bonds. The van der Waals surface area contributed by atoms with Gasteiger partial charge in [-0.15, -0.1) is 0 Å². The number of aromatic nitrogens is 3. The van der Waals surface area contributed by atoms with Gasteiger partial charge in [0.05, 0.1) is 22.3 Å². The van der Waals surface area contributed by atoms with Crippen molar-refractivity contribution in [3.05, 3.63) is 58.9 Å². The van der Waals surface area contributed by atoms with Gasteiger partial charge in [0.1, 0.15) is 0 Å². The number of rotatable bonds is 4. The lowest BCUT2D eigenvalue weighted by Gasteiger charge is -2.29. The Balaban J connectivity index is 1.35. The Morgan fingerprint density at radius 3 is 2.70 bits per heavy atom. The van der Waals surface area contributed by atoms with E-state index in [4.69, 9.17) is 11.6 Å². The summed E-state index contributed by atoms with van der Waals surface area (Å²) < 4.78 is 40.7. The van der Waals surface area contributed by atoms with E-state index in [9.17, 15) is 18.0 Å². The van der Waals surface area contributed by atoms with E-state index in [1.807, 2.05) is 16.8 Å². The maximum atomic E-state index is 12.9. The zero-order valence-electron chi connectivity index (χ0n) is 16.0. The van der Waals surface area contributed by atoms with Gasteiger partial charge in [-0.25, -0.2) is 9.67 Å². The predicted octanol–water partition coefficient (Wildman–Crippen LogP) is 5.09. The highest BCUT2D eigenvalue weighted by atomic mass is 35.5. The minimum Gasteiger partial charge on any atom is -0.349 e. The van der Waals surface area contributed by atoms with Crippen molar-refractivity contribution < 1.29 is 18.0 Å². The van der Waals surface area contributed by atoms with Crippen LogP contribution in [0.4, 0.5) is 13.2 Å². The molecule has 2 heterocycles. The lowest BCUT2D eigenvalue weighted by Crippen LogP contribution is -2.38. The Kier molecular flexibility index (Phi) is 5.69. The number of pyridine rings is 1. The zero-order valence-corrected chi connectivity index (χ0v) is 16.7. The number of fused-ring (bicyclic) bond motifs is 1. The molecule has 30 heavy (non-hydrogen) atoms. The topological polar surface area (TPSA) is 59.8 Å². The second-order valence-corrected chi connectivity index (χ2v) is 8.03. The van der Waals surface area contributed by atoms with Crippen LogP contribution in [-0.2, 0) is 12.7 Å². The van der Waals surface area contributed by atoms with Crippen LogP contribution >= 0.6 is 11.6 Å². The highest BCUT2D eigenvalue weighted by molar-refractivity contribution is 6.33. The molecule has 0 unspecified atom stereocenters. The van der Waals surface area contributed by atoms with Gasteiger partial charge in [0.2, 0.25) is 0 Å². The minimum atomic E-state index is -4.52. The van der Waals surface area contributed by atoms with E-state index < -0.39 is 17.6 Å². The molecule has 2 aromatic heterocycles. The highest BCUT2D eigenvalue weighted by Gasteiger charge is 2.32. The molecule has 0 bridgehead atoms. The van der Waals surface area contributed by atoms with Gasteiger partial charge in [0, 0.05) is 24.2 Å². The first-order chi connectivity index (χ1) is 14.3. The highest BCUT2D eigenvalue weighted by Crippen LogP contribution is 2.32. The molecule has 1 aliphatic rings. The number of carbonyl (C=O) groups is 1. The van der Waals surface area contributed by atoms with Crippen molar-refractivity contribution in [2.45, 2.75) is 44.4 Å². The van der Waals surface area contributed by atoms with Crippen molar-refractivity contribution in [2.24, 2.45) is 5.92 Å². The summed E-state index contributed by atoms with van der Waals surface area (Å²) in [7, 11) is 0. The summed E-state index contributed by atoms with van der Waals surface area (Å²) >= 11 is 5.97. The maximum Gasteiger partial charge on any atom is 0.416 e. The maximum absolute atomic E-state index is 12.9. The zero-order chi connectivity index (χ0) is 21.3. The van der Waals surface area contributed by atoms with Crippen LogP contribution in [0, 0.1) is 5.92 Å². The number of carbonyl (C=O) groups excluding carboxylic acids is 1. The molecular formula is C21H20ClF3N4O. The van der Waals surface area contributed by atoms with Crippen molar-refractivity contribution in [1.29, 1.82) is 0 Å². The van der Waals surface area contributed by atoms with E-state index in [1.54, 1.807) is 12.4 Å². The molecule has 0 aliphatic heterocycles. The number of nitrogens with one attached hydrogen (secondary N) is 1. The number of nitrogens with zero attached hydrogens (tertiary/aromatic N) is 3. The van der Waals surface area contributed by atoms with Crippen molar-refractivity contribution in [3.8, 4) is 0 Å². The van der Waals surface area contributed by atoms with E-state index in [2.05, 4.69) is 15.4 Å². The third-order valence-electron chi connectivity index (χ3n) is 5.55. The van der Waals surface area contributed by atoms with Crippen LogP contribution in [0.2, 0.25) is 5.02 Å². The molecular weight excluding hydrogens is 417 g/mol. The average molecular weight is 437 g/mol. The van der Waals surface area contributed by atoms with E-state index in [0.29, 0.717) is 5.92 Å². The van der Waals surface area contributed by atoms with Crippen molar-refractivity contribution >= 4 is 28.5 Å². The van der Waals surface area contributed by atoms with Gasteiger partial charge >= 0.3 is 6.18 Å². The number of halogens is 4. The van der Waals surface area contributed by atoms with Gasteiger partial charge in [-0.2, -0.15) is 18.3 Å². The van der Waals surface area contributed by atoms with Gasteiger partial charge < -0.3 is 5.32 Å². The molecule has 3 aromatic rings. The molecule has 1 aromatic carbocycles. The minimum absolute atomic E-state index is 0.00671. The predicted molar refractivity (Wildman–Crippen MR) is 107 cm³/mol. The van der Waals surface area contributed by atoms with Crippen LogP contribution in [0.5, 0.6) is 0 Å². The lowest BCUT2D eigenvalue weighted by molar-refractivity contribution is -0.137. The summed E-state index contributed by atoms with van der Waals surface area (Å²) in [6, 6.07) is 6.54. The van der Waals surface area contributed by atoms with Gasteiger partial charge in [-0.05, 0) is 61.9 Å². The SMILES string of the molecule is O=C(NC1CCC(Cn2ncc3cccnc32)CC1)c1cc(C(F)(F)F)ccc1Cl. The molecule has 1 saturated carbocycles. The molecule has 0 spiro atoms. The summed E-state index contributed by atoms with van der Waals surface area (Å²) in [5.74, 6) is -0.169. The fraction of sp³-hybridized carbons (Fsp3) is 0.381. The second-order valence-electron chi connectivity index (χ2n) is 7.63. The van der Waals surface area contributed by atoms with Crippen LogP contribution in [0.1, 0.15) is 41.6 Å². The monoisotopic (exact) mass is 436 g/mol. The molecule has 5 nitrogen and oxygen atoms in total. The van der Waals surface area contributed by atoms with Crippen LogP contribution < -0.4 is 5.32 Å². The second kappa shape index (κ2) is 8.26. The van der Waals surface area contributed by atoms with E-state index >= 15 is 0 Å². The Hall–Kier alpha value is -2.61. The normalized spacial score (nSPS) is 19.7.